The van der Waals surface area contributed by atoms with Gasteiger partial charge in [0.05, 0.1) is 0 Å². The van der Waals surface area contributed by atoms with Gasteiger partial charge < -0.3 is 14.8 Å². The van der Waals surface area contributed by atoms with Gasteiger partial charge in [-0.3, -0.25) is 9.59 Å². The van der Waals surface area contributed by atoms with E-state index in [0.29, 0.717) is 24.2 Å². The maximum Gasteiger partial charge on any atom is 0.254 e. The minimum absolute atomic E-state index is 0.229. The van der Waals surface area contributed by atoms with E-state index in [-0.39, 0.29) is 17.6 Å². The highest BCUT2D eigenvalue weighted by Gasteiger charge is 2.34. The Kier molecular flexibility index (Phi) is 4.46. The summed E-state index contributed by atoms with van der Waals surface area (Å²) in [7, 11) is 0. The van der Waals surface area contributed by atoms with Crippen molar-refractivity contribution in [2.45, 2.75) is 6.04 Å². The van der Waals surface area contributed by atoms with Gasteiger partial charge in [-0.25, -0.2) is 4.39 Å². The number of carbonyl (C=O) groups excluding carboxylic acids is 2. The maximum absolute atomic E-state index is 13.3. The molecule has 5 nitrogen and oxygen atoms in total. The van der Waals surface area contributed by atoms with Crippen LogP contribution in [0.5, 0.6) is 0 Å². The standard InChI is InChI=1S/C21H18FN3O2/c22-17-8-6-15(7-9-17)19-20(26)23-10-13-25(19)21(27)16-4-3-5-18(14-16)24-11-1-2-12-24/h1-9,11-12,14,19H,10,13H2,(H,23,26). The van der Waals surface area contributed by atoms with Gasteiger partial charge >= 0.3 is 0 Å². The third kappa shape index (κ3) is 3.33. The summed E-state index contributed by atoms with van der Waals surface area (Å²) in [6, 6.07) is 16.0. The molecule has 1 atom stereocenters. The lowest BCUT2D eigenvalue weighted by Gasteiger charge is -2.35. The van der Waals surface area contributed by atoms with Crippen LogP contribution in [0.2, 0.25) is 0 Å². The Morgan fingerprint density at radius 1 is 1.04 bits per heavy atom. The predicted octanol–water partition coefficient (Wildman–Crippen LogP) is 2.93. The zero-order valence-corrected chi connectivity index (χ0v) is 14.5. The Hall–Kier alpha value is -3.41. The molecule has 0 saturated carbocycles. The zero-order chi connectivity index (χ0) is 18.8. The summed E-state index contributed by atoms with van der Waals surface area (Å²) in [6.45, 7) is 0.778. The molecule has 4 rings (SSSR count). The molecule has 1 N–H and O–H groups in total. The quantitative estimate of drug-likeness (QED) is 0.778. The second-order valence-electron chi connectivity index (χ2n) is 6.38. The highest BCUT2D eigenvalue weighted by Crippen LogP contribution is 2.26. The third-order valence-corrected chi connectivity index (χ3v) is 4.65. The van der Waals surface area contributed by atoms with Gasteiger partial charge in [0, 0.05) is 36.7 Å². The Balaban J connectivity index is 1.67. The molecule has 136 valence electrons. The Labute approximate surface area is 156 Å². The van der Waals surface area contributed by atoms with Crippen LogP contribution in [-0.4, -0.2) is 34.4 Å². The number of piperazine rings is 1. The van der Waals surface area contributed by atoms with Crippen LogP contribution in [-0.2, 0) is 4.79 Å². The molecule has 6 heteroatoms. The lowest BCUT2D eigenvalue weighted by Crippen LogP contribution is -2.52. The molecule has 27 heavy (non-hydrogen) atoms. The Morgan fingerprint density at radius 2 is 1.78 bits per heavy atom. The van der Waals surface area contributed by atoms with Gasteiger partial charge in [0.1, 0.15) is 11.9 Å². The first kappa shape index (κ1) is 17.0. The fourth-order valence-electron chi connectivity index (χ4n) is 3.33. The highest BCUT2D eigenvalue weighted by atomic mass is 19.1. The number of amides is 2. The molecule has 0 bridgehead atoms. The van der Waals surface area contributed by atoms with Crippen LogP contribution in [0.4, 0.5) is 4.39 Å². The Bertz CT molecular complexity index is 967. The minimum Gasteiger partial charge on any atom is -0.352 e. The van der Waals surface area contributed by atoms with E-state index in [9.17, 15) is 14.0 Å². The van der Waals surface area contributed by atoms with Gasteiger partial charge in [-0.05, 0) is 48.0 Å². The van der Waals surface area contributed by atoms with Crippen molar-refractivity contribution in [1.29, 1.82) is 0 Å². The highest BCUT2D eigenvalue weighted by molar-refractivity contribution is 5.99. The van der Waals surface area contributed by atoms with Crippen molar-refractivity contribution >= 4 is 11.8 Å². The average molecular weight is 363 g/mol. The summed E-state index contributed by atoms with van der Waals surface area (Å²) in [5.74, 6) is -0.872. The smallest absolute Gasteiger partial charge is 0.254 e. The van der Waals surface area contributed by atoms with E-state index in [1.165, 1.54) is 12.1 Å². The molecule has 1 aliphatic heterocycles. The molecule has 0 radical (unpaired) electrons. The number of hydrogen-bond acceptors (Lipinski definition) is 2. The number of benzene rings is 2. The third-order valence-electron chi connectivity index (χ3n) is 4.65. The minimum atomic E-state index is -0.776. The molecule has 3 aromatic rings. The van der Waals surface area contributed by atoms with E-state index in [2.05, 4.69) is 5.32 Å². The SMILES string of the molecule is O=C1NCCN(C(=O)c2cccc(-n3cccc3)c2)C1c1ccc(F)cc1. The monoisotopic (exact) mass is 363 g/mol. The van der Waals surface area contributed by atoms with Crippen molar-refractivity contribution in [3.8, 4) is 5.69 Å². The first-order valence-electron chi connectivity index (χ1n) is 8.71. The van der Waals surface area contributed by atoms with Crippen LogP contribution in [0, 0.1) is 5.82 Å². The van der Waals surface area contributed by atoms with Crippen LogP contribution in [0.25, 0.3) is 5.69 Å². The molecule has 1 fully saturated rings. The fourth-order valence-corrected chi connectivity index (χ4v) is 3.33. The second-order valence-corrected chi connectivity index (χ2v) is 6.38. The number of nitrogens with zero attached hydrogens (tertiary/aromatic N) is 2. The lowest BCUT2D eigenvalue weighted by atomic mass is 10.0. The number of carbonyl (C=O) groups is 2. The van der Waals surface area contributed by atoms with Gasteiger partial charge in [0.2, 0.25) is 5.91 Å². The molecular formula is C21H18FN3O2. The van der Waals surface area contributed by atoms with E-state index in [4.69, 9.17) is 0 Å². The van der Waals surface area contributed by atoms with Gasteiger partial charge in [-0.2, -0.15) is 0 Å². The lowest BCUT2D eigenvalue weighted by molar-refractivity contribution is -0.128. The van der Waals surface area contributed by atoms with Gasteiger partial charge in [-0.1, -0.05) is 18.2 Å². The maximum atomic E-state index is 13.3. The molecule has 2 amide bonds. The number of hydrogen-bond donors (Lipinski definition) is 1. The van der Waals surface area contributed by atoms with Crippen molar-refractivity contribution in [2.24, 2.45) is 0 Å². The van der Waals surface area contributed by atoms with Crippen LogP contribution in [0.3, 0.4) is 0 Å². The summed E-state index contributed by atoms with van der Waals surface area (Å²) < 4.78 is 15.2. The van der Waals surface area contributed by atoms with E-state index < -0.39 is 6.04 Å². The summed E-state index contributed by atoms with van der Waals surface area (Å²) in [5, 5.41) is 2.78. The summed E-state index contributed by atoms with van der Waals surface area (Å²) in [6.07, 6.45) is 3.80. The topological polar surface area (TPSA) is 54.3 Å². The second kappa shape index (κ2) is 7.07. The molecule has 0 spiro atoms. The average Bonchev–Trinajstić information content (AvgIpc) is 3.23. The van der Waals surface area contributed by atoms with Crippen molar-refractivity contribution in [3.63, 3.8) is 0 Å². The normalized spacial score (nSPS) is 16.9. The first-order valence-corrected chi connectivity index (χ1v) is 8.71. The number of rotatable bonds is 3. The van der Waals surface area contributed by atoms with E-state index in [1.54, 1.807) is 29.2 Å². The van der Waals surface area contributed by atoms with Crippen LogP contribution in [0.1, 0.15) is 22.0 Å². The molecule has 0 aliphatic carbocycles. The molecule has 1 aromatic heterocycles. The summed E-state index contributed by atoms with van der Waals surface area (Å²) in [5.41, 5.74) is 1.96. The van der Waals surface area contributed by atoms with Crippen molar-refractivity contribution in [1.82, 2.24) is 14.8 Å². The predicted molar refractivity (Wildman–Crippen MR) is 99.0 cm³/mol. The van der Waals surface area contributed by atoms with Gasteiger partial charge in [-0.15, -0.1) is 0 Å². The number of aromatic nitrogens is 1. The van der Waals surface area contributed by atoms with Crippen LogP contribution in [0.15, 0.2) is 73.1 Å². The van der Waals surface area contributed by atoms with Crippen molar-refractivity contribution in [2.75, 3.05) is 13.1 Å². The number of halogens is 1. The molecule has 2 aromatic carbocycles. The van der Waals surface area contributed by atoms with E-state index in [0.717, 1.165) is 5.69 Å². The van der Waals surface area contributed by atoms with Gasteiger partial charge in [0.25, 0.3) is 5.91 Å². The summed E-state index contributed by atoms with van der Waals surface area (Å²) >= 11 is 0. The number of nitrogens with one attached hydrogen (secondary N) is 1. The molecule has 2 heterocycles. The molecule has 1 unspecified atom stereocenters. The zero-order valence-electron chi connectivity index (χ0n) is 14.5. The van der Waals surface area contributed by atoms with E-state index in [1.807, 2.05) is 41.2 Å². The van der Waals surface area contributed by atoms with Crippen LogP contribution < -0.4 is 5.32 Å². The molecule has 1 aliphatic rings. The van der Waals surface area contributed by atoms with Gasteiger partial charge in [0.15, 0.2) is 0 Å². The van der Waals surface area contributed by atoms with Crippen molar-refractivity contribution in [3.05, 3.63) is 90.0 Å². The largest absolute Gasteiger partial charge is 0.352 e. The molecular weight excluding hydrogens is 345 g/mol. The first-order chi connectivity index (χ1) is 13.1. The fraction of sp³-hybridized carbons (Fsp3) is 0.143. The summed E-state index contributed by atoms with van der Waals surface area (Å²) in [4.78, 5) is 27.2. The Morgan fingerprint density at radius 3 is 2.52 bits per heavy atom. The van der Waals surface area contributed by atoms with Crippen LogP contribution >= 0.6 is 0 Å². The molecule has 1 saturated heterocycles. The van der Waals surface area contributed by atoms with Crippen molar-refractivity contribution < 1.29 is 14.0 Å². The van der Waals surface area contributed by atoms with E-state index >= 15 is 0 Å².